The minimum absolute atomic E-state index is 0.138. The van der Waals surface area contributed by atoms with Crippen LogP contribution in [0.5, 0.6) is 0 Å². The Morgan fingerprint density at radius 2 is 1.86 bits per heavy atom. The van der Waals surface area contributed by atoms with Gasteiger partial charge in [-0.05, 0) is 26.4 Å². The molecule has 1 N–H and O–H groups in total. The number of ether oxygens (including phenoxy) is 2. The van der Waals surface area contributed by atoms with Gasteiger partial charge in [0.25, 0.3) is 0 Å². The number of rotatable bonds is 6. The lowest BCUT2D eigenvalue weighted by Gasteiger charge is -2.44. The molecule has 1 heterocycles. The standard InChI is InChI=1S/C16H32N2O3/c1-13(2)12-18(8-7-17(3)4)14-11-16(6-5-15(14)19)20-9-10-21-16/h13-15,19H,5-12H2,1-4H3. The molecule has 1 spiro atoms. The quantitative estimate of drug-likeness (QED) is 0.797. The van der Waals surface area contributed by atoms with Gasteiger partial charge in [-0.25, -0.2) is 0 Å². The van der Waals surface area contributed by atoms with Gasteiger partial charge in [0.2, 0.25) is 0 Å². The van der Waals surface area contributed by atoms with Gasteiger partial charge >= 0.3 is 0 Å². The maximum absolute atomic E-state index is 10.5. The molecule has 2 atom stereocenters. The van der Waals surface area contributed by atoms with Gasteiger partial charge in [0.15, 0.2) is 5.79 Å². The van der Waals surface area contributed by atoms with E-state index in [1.54, 1.807) is 0 Å². The average molecular weight is 300 g/mol. The summed E-state index contributed by atoms with van der Waals surface area (Å²) in [5.74, 6) is 0.152. The highest BCUT2D eigenvalue weighted by Gasteiger charge is 2.46. The SMILES string of the molecule is CC(C)CN(CCN(C)C)C1CC2(CCC1O)OCCO2. The number of nitrogens with zero attached hydrogens (tertiary/aromatic N) is 2. The number of hydrogen-bond acceptors (Lipinski definition) is 5. The first-order valence-corrected chi connectivity index (χ1v) is 8.26. The smallest absolute Gasteiger partial charge is 0.170 e. The van der Waals surface area contributed by atoms with Crippen LogP contribution in [0, 0.1) is 5.92 Å². The zero-order valence-corrected chi connectivity index (χ0v) is 14.0. The van der Waals surface area contributed by atoms with Crippen LogP contribution in [0.25, 0.3) is 0 Å². The predicted molar refractivity (Wildman–Crippen MR) is 83.2 cm³/mol. The first kappa shape index (κ1) is 17.2. The van der Waals surface area contributed by atoms with E-state index in [4.69, 9.17) is 9.47 Å². The van der Waals surface area contributed by atoms with Crippen molar-refractivity contribution in [3.63, 3.8) is 0 Å². The number of aliphatic hydroxyl groups is 1. The van der Waals surface area contributed by atoms with Crippen molar-refractivity contribution >= 4 is 0 Å². The Hall–Kier alpha value is -0.200. The second kappa shape index (κ2) is 7.38. The second-order valence-corrected chi connectivity index (χ2v) is 7.18. The molecule has 124 valence electrons. The molecule has 2 fully saturated rings. The van der Waals surface area contributed by atoms with Crippen LogP contribution in [0.3, 0.4) is 0 Å². The Bertz CT molecular complexity index is 317. The molecule has 0 aromatic heterocycles. The van der Waals surface area contributed by atoms with E-state index in [2.05, 4.69) is 37.7 Å². The minimum atomic E-state index is -0.433. The molecular weight excluding hydrogens is 268 g/mol. The van der Waals surface area contributed by atoms with Crippen molar-refractivity contribution in [1.29, 1.82) is 0 Å². The van der Waals surface area contributed by atoms with E-state index in [-0.39, 0.29) is 12.1 Å². The molecule has 5 nitrogen and oxygen atoms in total. The molecule has 0 bridgehead atoms. The molecule has 5 heteroatoms. The molecule has 0 aromatic carbocycles. The molecule has 21 heavy (non-hydrogen) atoms. The van der Waals surface area contributed by atoms with Gasteiger partial charge < -0.3 is 19.5 Å². The van der Waals surface area contributed by atoms with E-state index in [1.807, 2.05) is 0 Å². The molecule has 2 unspecified atom stereocenters. The Labute approximate surface area is 129 Å². The molecule has 1 saturated carbocycles. The maximum Gasteiger partial charge on any atom is 0.170 e. The summed E-state index contributed by atoms with van der Waals surface area (Å²) in [6.45, 7) is 8.82. The fraction of sp³-hybridized carbons (Fsp3) is 1.00. The van der Waals surface area contributed by atoms with E-state index in [0.29, 0.717) is 19.1 Å². The molecule has 1 saturated heterocycles. The zero-order valence-electron chi connectivity index (χ0n) is 14.0. The normalized spacial score (nSPS) is 29.1. The van der Waals surface area contributed by atoms with Gasteiger partial charge in [-0.1, -0.05) is 13.8 Å². The lowest BCUT2D eigenvalue weighted by Crippen LogP contribution is -2.55. The van der Waals surface area contributed by atoms with Crippen LogP contribution in [-0.2, 0) is 9.47 Å². The van der Waals surface area contributed by atoms with Crippen molar-refractivity contribution in [3.05, 3.63) is 0 Å². The largest absolute Gasteiger partial charge is 0.391 e. The van der Waals surface area contributed by atoms with Crippen LogP contribution in [0.2, 0.25) is 0 Å². The lowest BCUT2D eigenvalue weighted by molar-refractivity contribution is -0.205. The van der Waals surface area contributed by atoms with Crippen LogP contribution < -0.4 is 0 Å². The summed E-state index contributed by atoms with van der Waals surface area (Å²) in [6, 6.07) is 0.138. The summed E-state index contributed by atoms with van der Waals surface area (Å²) >= 11 is 0. The minimum Gasteiger partial charge on any atom is -0.391 e. The van der Waals surface area contributed by atoms with Crippen molar-refractivity contribution in [2.75, 3.05) is 46.9 Å². The van der Waals surface area contributed by atoms with Crippen LogP contribution in [0.4, 0.5) is 0 Å². The summed E-state index contributed by atoms with van der Waals surface area (Å²) in [5.41, 5.74) is 0. The number of likely N-dealkylation sites (N-methyl/N-ethyl adjacent to an activating group) is 1. The second-order valence-electron chi connectivity index (χ2n) is 7.18. The fourth-order valence-corrected chi connectivity index (χ4v) is 3.44. The van der Waals surface area contributed by atoms with Gasteiger partial charge in [-0.3, -0.25) is 4.90 Å². The maximum atomic E-state index is 10.5. The van der Waals surface area contributed by atoms with E-state index in [9.17, 15) is 5.11 Å². The highest BCUT2D eigenvalue weighted by Crippen LogP contribution is 2.38. The summed E-state index contributed by atoms with van der Waals surface area (Å²) in [4.78, 5) is 4.63. The monoisotopic (exact) mass is 300 g/mol. The number of hydrogen-bond donors (Lipinski definition) is 1. The Morgan fingerprint density at radius 3 is 2.43 bits per heavy atom. The molecule has 2 rings (SSSR count). The molecule has 0 amide bonds. The molecule has 2 aliphatic rings. The summed E-state index contributed by atoms with van der Waals surface area (Å²) in [5, 5.41) is 10.5. The van der Waals surface area contributed by atoms with Crippen molar-refractivity contribution in [2.45, 2.75) is 51.0 Å². The Kier molecular flexibility index (Phi) is 6.03. The highest BCUT2D eigenvalue weighted by molar-refractivity contribution is 4.93. The van der Waals surface area contributed by atoms with Crippen molar-refractivity contribution in [2.24, 2.45) is 5.92 Å². The third kappa shape index (κ3) is 4.63. The summed E-state index contributed by atoms with van der Waals surface area (Å²) < 4.78 is 11.7. The zero-order chi connectivity index (χ0) is 15.5. The van der Waals surface area contributed by atoms with Crippen molar-refractivity contribution in [1.82, 2.24) is 9.80 Å². The molecule has 1 aliphatic carbocycles. The van der Waals surface area contributed by atoms with Gasteiger partial charge in [0, 0.05) is 38.5 Å². The first-order chi connectivity index (χ1) is 9.92. The average Bonchev–Trinajstić information content (AvgIpc) is 2.86. The summed E-state index contributed by atoms with van der Waals surface area (Å²) in [6.07, 6.45) is 2.09. The first-order valence-electron chi connectivity index (χ1n) is 8.26. The van der Waals surface area contributed by atoms with E-state index in [0.717, 1.165) is 38.9 Å². The summed E-state index contributed by atoms with van der Waals surface area (Å²) in [7, 11) is 4.19. The van der Waals surface area contributed by atoms with Crippen molar-refractivity contribution < 1.29 is 14.6 Å². The van der Waals surface area contributed by atoms with Gasteiger partial charge in [-0.2, -0.15) is 0 Å². The van der Waals surface area contributed by atoms with E-state index < -0.39 is 5.79 Å². The topological polar surface area (TPSA) is 45.2 Å². The molecule has 1 aliphatic heterocycles. The van der Waals surface area contributed by atoms with E-state index >= 15 is 0 Å². The van der Waals surface area contributed by atoms with Gasteiger partial charge in [-0.15, -0.1) is 0 Å². The van der Waals surface area contributed by atoms with Crippen molar-refractivity contribution in [3.8, 4) is 0 Å². The predicted octanol–water partition coefficient (Wildman–Crippen LogP) is 1.16. The molecule has 0 aromatic rings. The van der Waals surface area contributed by atoms with Crippen LogP contribution in [0.1, 0.15) is 33.1 Å². The van der Waals surface area contributed by atoms with Gasteiger partial charge in [0.05, 0.1) is 19.3 Å². The van der Waals surface area contributed by atoms with Crippen LogP contribution in [0.15, 0.2) is 0 Å². The Balaban J connectivity index is 2.03. The van der Waals surface area contributed by atoms with Crippen LogP contribution >= 0.6 is 0 Å². The third-order valence-electron chi connectivity index (χ3n) is 4.50. The van der Waals surface area contributed by atoms with E-state index in [1.165, 1.54) is 0 Å². The van der Waals surface area contributed by atoms with Crippen LogP contribution in [-0.4, -0.2) is 79.8 Å². The third-order valence-corrected chi connectivity index (χ3v) is 4.50. The molecular formula is C16H32N2O3. The highest BCUT2D eigenvalue weighted by atomic mass is 16.7. The lowest BCUT2D eigenvalue weighted by atomic mass is 9.86. The van der Waals surface area contributed by atoms with Gasteiger partial charge in [0.1, 0.15) is 0 Å². The fourth-order valence-electron chi connectivity index (χ4n) is 3.44. The molecule has 0 radical (unpaired) electrons. The Morgan fingerprint density at radius 1 is 1.19 bits per heavy atom. The number of aliphatic hydroxyl groups excluding tert-OH is 1.